The molecule has 1 aromatic rings. The van der Waals surface area contributed by atoms with Crippen LogP contribution in [0.2, 0.25) is 5.02 Å². The molecule has 16 heavy (non-hydrogen) atoms. The summed E-state index contributed by atoms with van der Waals surface area (Å²) in [6.07, 6.45) is 1.31. The Hall–Kier alpha value is -1.75. The van der Waals surface area contributed by atoms with Crippen LogP contribution in [0.3, 0.4) is 0 Å². The fraction of sp³-hybridized carbons (Fsp3) is 0.200. The van der Waals surface area contributed by atoms with Gasteiger partial charge in [-0.3, -0.25) is 0 Å². The lowest BCUT2D eigenvalue weighted by Crippen LogP contribution is -2.03. The highest BCUT2D eigenvalue weighted by Gasteiger charge is 2.04. The molecule has 1 rings (SSSR count). The first-order valence-corrected chi connectivity index (χ1v) is 4.72. The Bertz CT molecular complexity index is 406. The fourth-order valence-corrected chi connectivity index (χ4v) is 1.22. The van der Waals surface area contributed by atoms with E-state index >= 15 is 0 Å². The molecule has 86 valence electrons. The second kappa shape index (κ2) is 5.97. The Balaban J connectivity index is 2.75. The van der Waals surface area contributed by atoms with Crippen LogP contribution in [0.4, 0.5) is 0 Å². The first-order valence-electron chi connectivity index (χ1n) is 4.34. The monoisotopic (exact) mass is 243 g/mol. The van der Waals surface area contributed by atoms with Crippen LogP contribution in [0.1, 0.15) is 5.56 Å². The van der Waals surface area contributed by atoms with Gasteiger partial charge in [0, 0.05) is 0 Å². The highest BCUT2D eigenvalue weighted by molar-refractivity contribution is 6.33. The third-order valence-corrected chi connectivity index (χ3v) is 2.01. The van der Waals surface area contributed by atoms with E-state index in [1.54, 1.807) is 18.2 Å². The zero-order valence-electron chi connectivity index (χ0n) is 8.51. The minimum absolute atomic E-state index is 0.446. The highest BCUT2D eigenvalue weighted by Crippen LogP contribution is 2.24. The molecule has 0 amide bonds. The van der Waals surface area contributed by atoms with E-state index in [1.807, 2.05) is 0 Å². The summed E-state index contributed by atoms with van der Waals surface area (Å²) in [7, 11) is 1.50. The van der Waals surface area contributed by atoms with Gasteiger partial charge in [0.2, 0.25) is 6.61 Å². The number of carbonyl (C=O) groups is 1. The molecular formula is C10H10ClNO4. The Morgan fingerprint density at radius 2 is 2.38 bits per heavy atom. The summed E-state index contributed by atoms with van der Waals surface area (Å²) in [6, 6.07) is 5.11. The van der Waals surface area contributed by atoms with E-state index in [4.69, 9.17) is 21.4 Å². The second-order valence-electron chi connectivity index (χ2n) is 2.76. The maximum Gasteiger partial charge on any atom is 0.344 e. The Kier molecular flexibility index (Phi) is 4.60. The van der Waals surface area contributed by atoms with E-state index in [9.17, 15) is 4.79 Å². The second-order valence-corrected chi connectivity index (χ2v) is 3.16. The largest absolute Gasteiger partial charge is 0.496 e. The Labute approximate surface area is 97.2 Å². The van der Waals surface area contributed by atoms with Gasteiger partial charge in [0.1, 0.15) is 5.75 Å². The van der Waals surface area contributed by atoms with Crippen molar-refractivity contribution in [2.75, 3.05) is 13.7 Å². The number of aliphatic carboxylic acids is 1. The molecule has 5 nitrogen and oxygen atoms in total. The van der Waals surface area contributed by atoms with Gasteiger partial charge in [-0.05, 0) is 12.1 Å². The van der Waals surface area contributed by atoms with E-state index < -0.39 is 12.6 Å². The summed E-state index contributed by atoms with van der Waals surface area (Å²) in [5.41, 5.74) is 0.539. The fourth-order valence-electron chi connectivity index (χ4n) is 1.00. The number of halogens is 1. The zero-order valence-corrected chi connectivity index (χ0v) is 9.27. The van der Waals surface area contributed by atoms with Crippen LogP contribution in [0, 0.1) is 0 Å². The van der Waals surface area contributed by atoms with E-state index in [2.05, 4.69) is 9.99 Å². The van der Waals surface area contributed by atoms with Gasteiger partial charge in [-0.15, -0.1) is 0 Å². The van der Waals surface area contributed by atoms with Crippen molar-refractivity contribution in [1.29, 1.82) is 0 Å². The third kappa shape index (κ3) is 3.43. The van der Waals surface area contributed by atoms with Crippen molar-refractivity contribution in [3.63, 3.8) is 0 Å². The van der Waals surface area contributed by atoms with Crippen molar-refractivity contribution in [1.82, 2.24) is 0 Å². The maximum absolute atomic E-state index is 10.2. The molecule has 0 aliphatic rings. The molecule has 0 saturated heterocycles. The van der Waals surface area contributed by atoms with Crippen LogP contribution in [0.5, 0.6) is 5.75 Å². The van der Waals surface area contributed by atoms with E-state index in [1.165, 1.54) is 13.3 Å². The molecule has 1 aromatic carbocycles. The molecular weight excluding hydrogens is 234 g/mol. The third-order valence-electron chi connectivity index (χ3n) is 1.68. The molecule has 0 aromatic heterocycles. The van der Waals surface area contributed by atoms with Crippen LogP contribution < -0.4 is 4.74 Å². The van der Waals surface area contributed by atoms with Crippen LogP contribution in [-0.2, 0) is 9.63 Å². The molecule has 0 unspecified atom stereocenters. The molecule has 0 spiro atoms. The van der Waals surface area contributed by atoms with Gasteiger partial charge >= 0.3 is 5.97 Å². The van der Waals surface area contributed by atoms with Crippen LogP contribution in [-0.4, -0.2) is 31.0 Å². The number of benzene rings is 1. The number of methoxy groups -OCH3 is 1. The first-order chi connectivity index (χ1) is 7.65. The average Bonchev–Trinajstić information content (AvgIpc) is 2.25. The van der Waals surface area contributed by atoms with E-state index in [0.717, 1.165) is 0 Å². The minimum Gasteiger partial charge on any atom is -0.496 e. The smallest absolute Gasteiger partial charge is 0.344 e. The summed E-state index contributed by atoms with van der Waals surface area (Å²) in [4.78, 5) is 14.7. The Morgan fingerprint density at radius 3 is 3.00 bits per heavy atom. The summed E-state index contributed by atoms with van der Waals surface area (Å²) < 4.78 is 5.06. The van der Waals surface area contributed by atoms with Crippen molar-refractivity contribution in [3.05, 3.63) is 28.8 Å². The van der Waals surface area contributed by atoms with Crippen LogP contribution in [0.15, 0.2) is 23.4 Å². The van der Waals surface area contributed by atoms with Gasteiger partial charge < -0.3 is 14.7 Å². The van der Waals surface area contributed by atoms with Crippen molar-refractivity contribution in [2.24, 2.45) is 5.16 Å². The predicted octanol–water partition coefficient (Wildman–Crippen LogP) is 1.78. The molecule has 1 N–H and O–H groups in total. The quantitative estimate of drug-likeness (QED) is 0.632. The lowest BCUT2D eigenvalue weighted by molar-refractivity contribution is -0.142. The number of oxime groups is 1. The average molecular weight is 244 g/mol. The molecule has 6 heteroatoms. The number of hydrogen-bond donors (Lipinski definition) is 1. The highest BCUT2D eigenvalue weighted by atomic mass is 35.5. The lowest BCUT2D eigenvalue weighted by Gasteiger charge is -2.05. The topological polar surface area (TPSA) is 68.1 Å². The summed E-state index contributed by atoms with van der Waals surface area (Å²) >= 11 is 5.91. The van der Waals surface area contributed by atoms with E-state index in [-0.39, 0.29) is 0 Å². The van der Waals surface area contributed by atoms with E-state index in [0.29, 0.717) is 16.3 Å². The number of nitrogens with zero attached hydrogens (tertiary/aromatic N) is 1. The molecule has 0 radical (unpaired) electrons. The number of ether oxygens (including phenoxy) is 1. The van der Waals surface area contributed by atoms with Gasteiger partial charge in [0.15, 0.2) is 0 Å². The van der Waals surface area contributed by atoms with Crippen molar-refractivity contribution >= 4 is 23.8 Å². The molecule has 0 aliphatic carbocycles. The van der Waals surface area contributed by atoms with Crippen molar-refractivity contribution < 1.29 is 19.5 Å². The molecule has 0 aliphatic heterocycles. The molecule has 0 bridgehead atoms. The number of carboxylic acid groups (broad SMARTS) is 1. The van der Waals surface area contributed by atoms with Gasteiger partial charge in [0.05, 0.1) is 23.9 Å². The normalized spacial score (nSPS) is 10.4. The minimum atomic E-state index is -1.09. The van der Waals surface area contributed by atoms with Gasteiger partial charge in [-0.25, -0.2) is 4.79 Å². The van der Waals surface area contributed by atoms with Crippen LogP contribution >= 0.6 is 11.6 Å². The van der Waals surface area contributed by atoms with Gasteiger partial charge in [0.25, 0.3) is 0 Å². The molecule has 0 saturated carbocycles. The summed E-state index contributed by atoms with van der Waals surface area (Å²) in [5, 5.41) is 12.2. The van der Waals surface area contributed by atoms with Crippen molar-refractivity contribution in [3.8, 4) is 5.75 Å². The summed E-state index contributed by atoms with van der Waals surface area (Å²) in [6.45, 7) is -0.497. The van der Waals surface area contributed by atoms with Crippen molar-refractivity contribution in [2.45, 2.75) is 0 Å². The van der Waals surface area contributed by atoms with Gasteiger partial charge in [-0.1, -0.05) is 22.8 Å². The zero-order chi connectivity index (χ0) is 12.0. The number of carboxylic acids is 1. The molecule has 0 atom stereocenters. The van der Waals surface area contributed by atoms with Crippen LogP contribution in [0.25, 0.3) is 0 Å². The first kappa shape index (κ1) is 12.3. The predicted molar refractivity (Wildman–Crippen MR) is 59.2 cm³/mol. The summed E-state index contributed by atoms with van der Waals surface area (Å²) in [5.74, 6) is -0.557. The molecule has 0 heterocycles. The van der Waals surface area contributed by atoms with Gasteiger partial charge in [-0.2, -0.15) is 0 Å². The molecule has 0 fully saturated rings. The lowest BCUT2D eigenvalue weighted by atomic mass is 10.2. The number of rotatable bonds is 5. The SMILES string of the molecule is COc1cccc(Cl)c1/C=N/OCC(=O)O. The number of hydrogen-bond acceptors (Lipinski definition) is 4. The Morgan fingerprint density at radius 1 is 1.62 bits per heavy atom. The maximum atomic E-state index is 10.2. The standard InChI is InChI=1S/C10H10ClNO4/c1-15-9-4-2-3-8(11)7(9)5-12-16-6-10(13)14/h2-5H,6H2,1H3,(H,13,14)/b12-5+.